The first-order chi connectivity index (χ1) is 13.8. The van der Waals surface area contributed by atoms with Gasteiger partial charge >= 0.3 is 5.97 Å². The van der Waals surface area contributed by atoms with Crippen LogP contribution in [0.25, 0.3) is 12.2 Å². The average Bonchev–Trinajstić information content (AvgIpc) is 2.71. The Bertz CT molecular complexity index is 1090. The van der Waals surface area contributed by atoms with Crippen molar-refractivity contribution in [1.29, 1.82) is 0 Å². The summed E-state index contributed by atoms with van der Waals surface area (Å²) in [6, 6.07) is 8.70. The fraction of sp³-hybridized carbons (Fsp3) is 0.100. The van der Waals surface area contributed by atoms with Gasteiger partial charge in [-0.05, 0) is 60.9 Å². The number of phenolic OH excluding ortho intramolecular Hbond substituents is 1. The maximum absolute atomic E-state index is 12.2. The number of carbonyl (C=O) groups excluding carboxylic acids is 1. The zero-order valence-corrected chi connectivity index (χ0v) is 15.6. The minimum Gasteiger partial charge on any atom is -0.507 e. The van der Waals surface area contributed by atoms with Crippen LogP contribution in [0.5, 0.6) is 11.5 Å². The molecule has 146 valence electrons. The van der Waals surface area contributed by atoms with E-state index in [4.69, 9.17) is 4.74 Å². The number of phenols is 1. The summed E-state index contributed by atoms with van der Waals surface area (Å²) in [5.74, 6) is -0.380. The van der Waals surface area contributed by atoms with Crippen molar-refractivity contribution in [3.05, 3.63) is 81.2 Å². The molecule has 9 heteroatoms. The highest BCUT2D eigenvalue weighted by Crippen LogP contribution is 2.24. The van der Waals surface area contributed by atoms with E-state index in [1.165, 1.54) is 30.6 Å². The number of aryl methyl sites for hydroxylation is 2. The highest BCUT2D eigenvalue weighted by molar-refractivity contribution is 5.87. The van der Waals surface area contributed by atoms with Crippen molar-refractivity contribution in [2.45, 2.75) is 13.8 Å². The summed E-state index contributed by atoms with van der Waals surface area (Å²) in [6.07, 6.45) is 4.54. The van der Waals surface area contributed by atoms with Gasteiger partial charge in [0.1, 0.15) is 17.8 Å². The van der Waals surface area contributed by atoms with Gasteiger partial charge in [0.25, 0.3) is 5.69 Å². The number of nitro groups is 1. The van der Waals surface area contributed by atoms with Crippen molar-refractivity contribution >= 4 is 23.8 Å². The predicted octanol–water partition coefficient (Wildman–Crippen LogP) is 3.49. The monoisotopic (exact) mass is 392 g/mol. The lowest BCUT2D eigenvalue weighted by molar-refractivity contribution is -0.384. The summed E-state index contributed by atoms with van der Waals surface area (Å²) in [6.45, 7) is 3.60. The molecule has 0 saturated heterocycles. The van der Waals surface area contributed by atoms with Crippen LogP contribution < -0.4 is 4.74 Å². The summed E-state index contributed by atoms with van der Waals surface area (Å²) in [5, 5.41) is 20.5. The fourth-order valence-electron chi connectivity index (χ4n) is 2.53. The summed E-state index contributed by atoms with van der Waals surface area (Å²) in [4.78, 5) is 34.2. The van der Waals surface area contributed by atoms with E-state index >= 15 is 0 Å². The molecule has 0 spiro atoms. The molecule has 1 N–H and O–H groups in total. The van der Waals surface area contributed by atoms with Gasteiger partial charge in [-0.15, -0.1) is 0 Å². The SMILES string of the molecule is Cc1cc(C=Cc2ncnc(C(=O)Oc3ccc([N+](=O)[O-])cc3)n2)cc(C)c1O. The summed E-state index contributed by atoms with van der Waals surface area (Å²) >= 11 is 0. The molecule has 1 aromatic heterocycles. The third kappa shape index (κ3) is 4.78. The van der Waals surface area contributed by atoms with Crippen LogP contribution in [0.1, 0.15) is 33.1 Å². The molecule has 0 amide bonds. The van der Waals surface area contributed by atoms with Crippen LogP contribution in [-0.2, 0) is 0 Å². The van der Waals surface area contributed by atoms with E-state index in [9.17, 15) is 20.0 Å². The number of aromatic hydroxyl groups is 1. The van der Waals surface area contributed by atoms with E-state index in [-0.39, 0.29) is 28.8 Å². The number of rotatable bonds is 5. The molecule has 0 atom stereocenters. The third-order valence-corrected chi connectivity index (χ3v) is 3.97. The van der Waals surface area contributed by atoms with E-state index in [0.29, 0.717) is 0 Å². The molecular formula is C20H16N4O5. The second-order valence-corrected chi connectivity index (χ2v) is 6.14. The second kappa shape index (κ2) is 8.26. The number of nitro benzene ring substituents is 1. The van der Waals surface area contributed by atoms with Gasteiger partial charge in [0.2, 0.25) is 5.82 Å². The molecule has 0 bridgehead atoms. The van der Waals surface area contributed by atoms with Gasteiger partial charge in [0.05, 0.1) is 4.92 Å². The van der Waals surface area contributed by atoms with Crippen LogP contribution in [-0.4, -0.2) is 31.0 Å². The topological polar surface area (TPSA) is 128 Å². The fourth-order valence-corrected chi connectivity index (χ4v) is 2.53. The molecule has 29 heavy (non-hydrogen) atoms. The van der Waals surface area contributed by atoms with Gasteiger partial charge in [-0.25, -0.2) is 19.7 Å². The Labute approximate surface area is 165 Å². The molecule has 0 aliphatic heterocycles. The molecule has 3 rings (SSSR count). The van der Waals surface area contributed by atoms with Crippen LogP contribution in [0.3, 0.4) is 0 Å². The Hall–Kier alpha value is -4.14. The zero-order valence-electron chi connectivity index (χ0n) is 15.6. The van der Waals surface area contributed by atoms with Gasteiger partial charge in [0, 0.05) is 12.1 Å². The van der Waals surface area contributed by atoms with Gasteiger partial charge < -0.3 is 9.84 Å². The molecule has 1 heterocycles. The van der Waals surface area contributed by atoms with E-state index in [0.717, 1.165) is 16.7 Å². The van der Waals surface area contributed by atoms with Crippen LogP contribution in [0, 0.1) is 24.0 Å². The highest BCUT2D eigenvalue weighted by Gasteiger charge is 2.14. The summed E-state index contributed by atoms with van der Waals surface area (Å²) in [7, 11) is 0. The third-order valence-electron chi connectivity index (χ3n) is 3.97. The van der Waals surface area contributed by atoms with Crippen molar-refractivity contribution in [1.82, 2.24) is 15.0 Å². The standard InChI is InChI=1S/C20H16N4O5/c1-12-9-14(10-13(2)18(12)25)3-8-17-21-11-22-19(23-17)20(26)29-16-6-4-15(5-7-16)24(27)28/h3-11,25H,1-2H3. The Morgan fingerprint density at radius 2 is 1.76 bits per heavy atom. The first-order valence-corrected chi connectivity index (χ1v) is 8.47. The molecule has 0 fully saturated rings. The number of non-ortho nitro benzene ring substituents is 1. The quantitative estimate of drug-likeness (QED) is 0.302. The lowest BCUT2D eigenvalue weighted by Gasteiger charge is -2.05. The minimum absolute atomic E-state index is 0.114. The van der Waals surface area contributed by atoms with Crippen molar-refractivity contribution in [2.24, 2.45) is 0 Å². The number of carbonyl (C=O) groups is 1. The molecule has 0 aliphatic rings. The van der Waals surface area contributed by atoms with Crippen LogP contribution in [0.2, 0.25) is 0 Å². The largest absolute Gasteiger partial charge is 0.507 e. The van der Waals surface area contributed by atoms with E-state index in [1.807, 2.05) is 12.1 Å². The van der Waals surface area contributed by atoms with Crippen molar-refractivity contribution < 1.29 is 19.6 Å². The number of esters is 1. The van der Waals surface area contributed by atoms with Crippen LogP contribution >= 0.6 is 0 Å². The first kappa shape index (κ1) is 19.6. The predicted molar refractivity (Wildman–Crippen MR) is 104 cm³/mol. The maximum atomic E-state index is 12.2. The maximum Gasteiger partial charge on any atom is 0.381 e. The minimum atomic E-state index is -0.813. The molecule has 9 nitrogen and oxygen atoms in total. The highest BCUT2D eigenvalue weighted by atomic mass is 16.6. The molecule has 3 aromatic rings. The number of hydrogen-bond acceptors (Lipinski definition) is 8. The van der Waals surface area contributed by atoms with Crippen molar-refractivity contribution in [3.8, 4) is 11.5 Å². The number of hydrogen-bond donors (Lipinski definition) is 1. The molecule has 2 aromatic carbocycles. The lowest BCUT2D eigenvalue weighted by Crippen LogP contribution is -2.14. The molecule has 0 unspecified atom stereocenters. The van der Waals surface area contributed by atoms with E-state index < -0.39 is 10.9 Å². The van der Waals surface area contributed by atoms with E-state index in [1.54, 1.807) is 26.0 Å². The molecule has 0 saturated carbocycles. The number of aromatic nitrogens is 3. The normalized spacial score (nSPS) is 10.8. The second-order valence-electron chi connectivity index (χ2n) is 6.14. The van der Waals surface area contributed by atoms with Gasteiger partial charge in [0.15, 0.2) is 5.82 Å². The molecule has 0 radical (unpaired) electrons. The zero-order chi connectivity index (χ0) is 21.0. The summed E-state index contributed by atoms with van der Waals surface area (Å²) < 4.78 is 5.13. The first-order valence-electron chi connectivity index (χ1n) is 8.47. The van der Waals surface area contributed by atoms with Gasteiger partial charge in [-0.3, -0.25) is 10.1 Å². The van der Waals surface area contributed by atoms with E-state index in [2.05, 4.69) is 15.0 Å². The Kier molecular flexibility index (Phi) is 5.59. The van der Waals surface area contributed by atoms with Gasteiger partial charge in [-0.1, -0.05) is 6.08 Å². The smallest absolute Gasteiger partial charge is 0.381 e. The lowest BCUT2D eigenvalue weighted by atomic mass is 10.1. The number of nitrogens with zero attached hydrogens (tertiary/aromatic N) is 4. The average molecular weight is 392 g/mol. The number of ether oxygens (including phenoxy) is 1. The summed E-state index contributed by atoms with van der Waals surface area (Å²) in [5.41, 5.74) is 2.21. The van der Waals surface area contributed by atoms with Crippen LogP contribution in [0.15, 0.2) is 42.7 Å². The number of benzene rings is 2. The van der Waals surface area contributed by atoms with Crippen molar-refractivity contribution in [2.75, 3.05) is 0 Å². The Morgan fingerprint density at radius 1 is 1.10 bits per heavy atom. The van der Waals surface area contributed by atoms with Gasteiger partial charge in [-0.2, -0.15) is 0 Å². The van der Waals surface area contributed by atoms with Crippen molar-refractivity contribution in [3.63, 3.8) is 0 Å². The molecular weight excluding hydrogens is 376 g/mol. The Balaban J connectivity index is 1.75. The van der Waals surface area contributed by atoms with Crippen LogP contribution in [0.4, 0.5) is 5.69 Å². The Morgan fingerprint density at radius 3 is 2.38 bits per heavy atom. The molecule has 0 aliphatic carbocycles.